The molecule has 0 spiro atoms. The van der Waals surface area contributed by atoms with Crippen LogP contribution in [0, 0.1) is 0 Å². The Balaban J connectivity index is 2.10. The van der Waals surface area contributed by atoms with Gasteiger partial charge in [0, 0.05) is 35.4 Å². The van der Waals surface area contributed by atoms with Crippen molar-refractivity contribution in [1.29, 1.82) is 0 Å². The van der Waals surface area contributed by atoms with Crippen molar-refractivity contribution in [3.63, 3.8) is 0 Å². The smallest absolute Gasteiger partial charge is 0.255 e. The molecule has 1 atom stereocenters. The van der Waals surface area contributed by atoms with Gasteiger partial charge in [-0.3, -0.25) is 9.78 Å². The molecule has 0 bridgehead atoms. The van der Waals surface area contributed by atoms with Crippen molar-refractivity contribution in [3.05, 3.63) is 71.7 Å². The van der Waals surface area contributed by atoms with Gasteiger partial charge in [-0.05, 0) is 50.6 Å². The molecule has 1 aromatic carbocycles. The second kappa shape index (κ2) is 7.41. The van der Waals surface area contributed by atoms with Crippen LogP contribution in [0.5, 0.6) is 0 Å². The van der Waals surface area contributed by atoms with E-state index in [9.17, 15) is 4.79 Å². The number of benzene rings is 1. The van der Waals surface area contributed by atoms with Gasteiger partial charge in [-0.15, -0.1) is 0 Å². The highest BCUT2D eigenvalue weighted by Crippen LogP contribution is 2.19. The van der Waals surface area contributed by atoms with Crippen LogP contribution in [-0.4, -0.2) is 10.9 Å². The first-order chi connectivity index (χ1) is 10.6. The predicted octanol–water partition coefficient (Wildman–Crippen LogP) is 3.91. The predicted molar refractivity (Wildman–Crippen MR) is 89.6 cm³/mol. The maximum Gasteiger partial charge on any atom is 0.255 e. The van der Waals surface area contributed by atoms with Crippen LogP contribution in [0.2, 0.25) is 0 Å². The summed E-state index contributed by atoms with van der Waals surface area (Å²) in [5, 5.41) is 6.31. The van der Waals surface area contributed by atoms with Crippen molar-refractivity contribution < 1.29 is 4.79 Å². The number of amides is 1. The molecular weight excluding hydrogens is 274 g/mol. The van der Waals surface area contributed by atoms with Gasteiger partial charge in [-0.25, -0.2) is 0 Å². The summed E-state index contributed by atoms with van der Waals surface area (Å²) in [7, 11) is 0. The summed E-state index contributed by atoms with van der Waals surface area (Å²) in [5.41, 5.74) is 3.62. The quantitative estimate of drug-likeness (QED) is 0.879. The van der Waals surface area contributed by atoms with E-state index in [-0.39, 0.29) is 11.9 Å². The summed E-state index contributed by atoms with van der Waals surface area (Å²) < 4.78 is 0. The Kier molecular flexibility index (Phi) is 5.31. The molecule has 0 fully saturated rings. The molecule has 2 aromatic rings. The molecule has 1 amide bonds. The summed E-state index contributed by atoms with van der Waals surface area (Å²) in [4.78, 5) is 16.1. The molecule has 4 heteroatoms. The molecule has 1 unspecified atom stereocenters. The summed E-state index contributed by atoms with van der Waals surface area (Å²) in [6.07, 6.45) is 5.25. The lowest BCUT2D eigenvalue weighted by molar-refractivity contribution is 0.102. The molecule has 0 aliphatic carbocycles. The number of hydrogen-bond donors (Lipinski definition) is 2. The number of pyridine rings is 1. The fourth-order valence-electron chi connectivity index (χ4n) is 2.10. The minimum absolute atomic E-state index is 0.134. The number of hydrogen-bond acceptors (Lipinski definition) is 3. The van der Waals surface area contributed by atoms with E-state index in [4.69, 9.17) is 0 Å². The van der Waals surface area contributed by atoms with Crippen LogP contribution in [0.4, 0.5) is 5.69 Å². The minimum Gasteiger partial charge on any atom is -0.382 e. The van der Waals surface area contributed by atoms with Crippen molar-refractivity contribution in [2.75, 3.05) is 5.32 Å². The van der Waals surface area contributed by atoms with Gasteiger partial charge in [-0.2, -0.15) is 0 Å². The van der Waals surface area contributed by atoms with Gasteiger partial charge in [-0.1, -0.05) is 18.2 Å². The van der Waals surface area contributed by atoms with Gasteiger partial charge in [0.15, 0.2) is 0 Å². The largest absolute Gasteiger partial charge is 0.382 e. The molecule has 2 rings (SSSR count). The van der Waals surface area contributed by atoms with E-state index in [0.717, 1.165) is 16.9 Å². The molecule has 0 saturated heterocycles. The molecule has 0 aliphatic rings. The van der Waals surface area contributed by atoms with E-state index in [0.29, 0.717) is 5.56 Å². The highest BCUT2D eigenvalue weighted by atomic mass is 16.1. The highest BCUT2D eigenvalue weighted by molar-refractivity contribution is 6.04. The summed E-state index contributed by atoms with van der Waals surface area (Å²) in [5.74, 6) is -0.134. The Morgan fingerprint density at radius 3 is 2.64 bits per heavy atom. The van der Waals surface area contributed by atoms with Crippen molar-refractivity contribution in [1.82, 2.24) is 10.3 Å². The lowest BCUT2D eigenvalue weighted by Gasteiger charge is -2.17. The van der Waals surface area contributed by atoms with E-state index in [1.165, 1.54) is 0 Å². The molecule has 0 saturated carbocycles. The maximum atomic E-state index is 12.2. The lowest BCUT2D eigenvalue weighted by atomic mass is 10.1. The fraction of sp³-hybridized carbons (Fsp3) is 0.222. The lowest BCUT2D eigenvalue weighted by Crippen LogP contribution is -2.17. The average molecular weight is 295 g/mol. The normalized spacial score (nSPS) is 12.6. The third-order valence-electron chi connectivity index (χ3n) is 3.46. The number of carbonyl (C=O) groups is 1. The van der Waals surface area contributed by atoms with E-state index >= 15 is 0 Å². The Labute approximate surface area is 131 Å². The molecule has 114 valence electrons. The number of anilines is 1. The van der Waals surface area contributed by atoms with Crippen molar-refractivity contribution in [2.24, 2.45) is 0 Å². The zero-order valence-corrected chi connectivity index (χ0v) is 13.1. The highest BCUT2D eigenvalue weighted by Gasteiger charge is 2.08. The van der Waals surface area contributed by atoms with Crippen LogP contribution < -0.4 is 10.6 Å². The van der Waals surface area contributed by atoms with Gasteiger partial charge >= 0.3 is 0 Å². The molecule has 2 N–H and O–H groups in total. The number of rotatable bonds is 5. The molecule has 22 heavy (non-hydrogen) atoms. The molecule has 1 heterocycles. The Bertz CT molecular complexity index is 665. The Morgan fingerprint density at radius 2 is 1.95 bits per heavy atom. The maximum absolute atomic E-state index is 12.2. The summed E-state index contributed by atoms with van der Waals surface area (Å²) in [6, 6.07) is 11.4. The zero-order chi connectivity index (χ0) is 15.9. The first kappa shape index (κ1) is 15.8. The van der Waals surface area contributed by atoms with Crippen molar-refractivity contribution in [3.8, 4) is 0 Å². The van der Waals surface area contributed by atoms with E-state index < -0.39 is 0 Å². The topological polar surface area (TPSA) is 54.0 Å². The number of nitrogens with zero attached hydrogens (tertiary/aromatic N) is 1. The standard InChI is InChI=1S/C18H21N3O/c1-4-13(2)20-14(3)16-6-5-7-17(12-16)21-18(22)15-8-10-19-11-9-15/h4-12,14,20H,1-3H3,(H,21,22)/b13-4+. The van der Waals surface area contributed by atoms with Gasteiger partial charge in [0.2, 0.25) is 0 Å². The van der Waals surface area contributed by atoms with E-state index in [1.54, 1.807) is 24.5 Å². The van der Waals surface area contributed by atoms with Gasteiger partial charge in [0.05, 0.1) is 0 Å². The Morgan fingerprint density at radius 1 is 1.23 bits per heavy atom. The Hall–Kier alpha value is -2.62. The molecule has 4 nitrogen and oxygen atoms in total. The van der Waals surface area contributed by atoms with Crippen LogP contribution in [0.25, 0.3) is 0 Å². The third kappa shape index (κ3) is 4.19. The average Bonchev–Trinajstić information content (AvgIpc) is 2.55. The van der Waals surface area contributed by atoms with Crippen LogP contribution in [0.1, 0.15) is 42.7 Å². The fourth-order valence-corrected chi connectivity index (χ4v) is 2.10. The number of carbonyl (C=O) groups excluding carboxylic acids is 1. The van der Waals surface area contributed by atoms with Crippen LogP contribution in [0.15, 0.2) is 60.6 Å². The monoisotopic (exact) mass is 295 g/mol. The number of allylic oxidation sites excluding steroid dienone is 2. The van der Waals surface area contributed by atoms with Crippen LogP contribution in [0.3, 0.4) is 0 Å². The van der Waals surface area contributed by atoms with E-state index in [1.807, 2.05) is 44.2 Å². The SMILES string of the molecule is C/C=C(\C)NC(C)c1cccc(NC(=O)c2ccncc2)c1. The van der Waals surface area contributed by atoms with Crippen molar-refractivity contribution in [2.45, 2.75) is 26.8 Å². The first-order valence-corrected chi connectivity index (χ1v) is 7.31. The molecule has 0 radical (unpaired) electrons. The van der Waals surface area contributed by atoms with Gasteiger partial charge in [0.25, 0.3) is 5.91 Å². The zero-order valence-electron chi connectivity index (χ0n) is 13.1. The second-order valence-electron chi connectivity index (χ2n) is 5.15. The second-order valence-corrected chi connectivity index (χ2v) is 5.15. The number of nitrogens with one attached hydrogen (secondary N) is 2. The minimum atomic E-state index is -0.134. The van der Waals surface area contributed by atoms with Gasteiger partial charge < -0.3 is 10.6 Å². The third-order valence-corrected chi connectivity index (χ3v) is 3.46. The summed E-state index contributed by atoms with van der Waals surface area (Å²) >= 11 is 0. The molecule has 1 aromatic heterocycles. The van der Waals surface area contributed by atoms with Crippen molar-refractivity contribution >= 4 is 11.6 Å². The number of aromatic nitrogens is 1. The first-order valence-electron chi connectivity index (χ1n) is 7.31. The summed E-state index contributed by atoms with van der Waals surface area (Å²) in [6.45, 7) is 6.13. The van der Waals surface area contributed by atoms with Gasteiger partial charge in [0.1, 0.15) is 0 Å². The van der Waals surface area contributed by atoms with Crippen LogP contribution in [-0.2, 0) is 0 Å². The molecule has 0 aliphatic heterocycles. The van der Waals surface area contributed by atoms with E-state index in [2.05, 4.69) is 22.5 Å². The molecular formula is C18H21N3O. The van der Waals surface area contributed by atoms with Crippen LogP contribution >= 0.6 is 0 Å².